The van der Waals surface area contributed by atoms with Gasteiger partial charge in [-0.2, -0.15) is 0 Å². The maximum Gasteiger partial charge on any atom is 0.0903 e. The van der Waals surface area contributed by atoms with Crippen molar-refractivity contribution in [2.45, 2.75) is 44.6 Å². The summed E-state index contributed by atoms with van der Waals surface area (Å²) in [5, 5.41) is 12.2. The maximum absolute atomic E-state index is 11.1. The van der Waals surface area contributed by atoms with Crippen molar-refractivity contribution in [1.29, 1.82) is 0 Å². The molecule has 1 N–H and O–H groups in total. The van der Waals surface area contributed by atoms with E-state index in [9.17, 15) is 5.11 Å². The van der Waals surface area contributed by atoms with Crippen LogP contribution in [-0.4, -0.2) is 10.1 Å². The monoisotopic (exact) mass is 255 g/mol. The zero-order valence-corrected chi connectivity index (χ0v) is 11.5. The highest BCUT2D eigenvalue weighted by Crippen LogP contribution is 2.40. The minimum atomic E-state index is -0.673. The molecule has 1 saturated carbocycles. The van der Waals surface area contributed by atoms with Crippen LogP contribution in [0.4, 0.5) is 0 Å². The van der Waals surface area contributed by atoms with Crippen LogP contribution in [0.1, 0.15) is 44.6 Å². The summed E-state index contributed by atoms with van der Waals surface area (Å²) in [6.45, 7) is 2.29. The third-order valence-electron chi connectivity index (χ3n) is 4.49. The van der Waals surface area contributed by atoms with Crippen LogP contribution in [0.2, 0.25) is 0 Å². The molecule has 2 nitrogen and oxygen atoms in total. The molecule has 1 fully saturated rings. The Labute approximate surface area is 114 Å². The van der Waals surface area contributed by atoms with Crippen molar-refractivity contribution in [1.82, 2.24) is 4.98 Å². The number of fused-ring (bicyclic) bond motifs is 1. The van der Waals surface area contributed by atoms with E-state index >= 15 is 0 Å². The summed E-state index contributed by atoms with van der Waals surface area (Å²) < 4.78 is 0. The molecule has 19 heavy (non-hydrogen) atoms. The molecule has 2 aromatic rings. The molecule has 1 heterocycles. The third kappa shape index (κ3) is 2.37. The van der Waals surface area contributed by atoms with Gasteiger partial charge in [0.05, 0.1) is 11.1 Å². The Morgan fingerprint density at radius 1 is 1.16 bits per heavy atom. The molecule has 2 heteroatoms. The third-order valence-corrected chi connectivity index (χ3v) is 4.49. The van der Waals surface area contributed by atoms with Gasteiger partial charge in [0.25, 0.3) is 0 Å². The highest BCUT2D eigenvalue weighted by atomic mass is 16.3. The first kappa shape index (κ1) is 12.6. The van der Waals surface area contributed by atoms with Gasteiger partial charge < -0.3 is 5.11 Å². The lowest BCUT2D eigenvalue weighted by molar-refractivity contribution is 0.0213. The normalized spacial score (nSPS) is 28.2. The van der Waals surface area contributed by atoms with E-state index in [1.165, 1.54) is 6.42 Å². The van der Waals surface area contributed by atoms with Crippen LogP contribution in [-0.2, 0) is 5.60 Å². The summed E-state index contributed by atoms with van der Waals surface area (Å²) in [7, 11) is 0. The number of hydrogen-bond acceptors (Lipinski definition) is 2. The molecular weight excluding hydrogens is 234 g/mol. The van der Waals surface area contributed by atoms with E-state index < -0.39 is 5.60 Å². The quantitative estimate of drug-likeness (QED) is 0.781. The minimum absolute atomic E-state index is 0.673. The topological polar surface area (TPSA) is 33.1 Å². The van der Waals surface area contributed by atoms with Crippen LogP contribution < -0.4 is 0 Å². The summed E-state index contributed by atoms with van der Waals surface area (Å²) in [6.07, 6.45) is 6.98. The van der Waals surface area contributed by atoms with Crippen LogP contribution >= 0.6 is 0 Å². The molecule has 1 aromatic carbocycles. The molecule has 0 saturated heterocycles. The molecule has 2 unspecified atom stereocenters. The smallest absolute Gasteiger partial charge is 0.0903 e. The summed E-state index contributed by atoms with van der Waals surface area (Å²) in [4.78, 5) is 4.40. The van der Waals surface area contributed by atoms with E-state index in [1.807, 2.05) is 24.4 Å². The molecule has 3 rings (SSSR count). The average molecular weight is 255 g/mol. The van der Waals surface area contributed by atoms with E-state index in [1.54, 1.807) is 0 Å². The van der Waals surface area contributed by atoms with Crippen molar-refractivity contribution < 1.29 is 5.11 Å². The number of rotatable bonds is 1. The van der Waals surface area contributed by atoms with Gasteiger partial charge in [-0.05, 0) is 49.3 Å². The Morgan fingerprint density at radius 2 is 2.05 bits per heavy atom. The molecule has 0 amide bonds. The highest BCUT2D eigenvalue weighted by Gasteiger charge is 2.32. The second kappa shape index (κ2) is 4.93. The summed E-state index contributed by atoms with van der Waals surface area (Å²) in [6, 6.07) is 10.1. The molecule has 0 radical (unpaired) electrons. The van der Waals surface area contributed by atoms with Crippen LogP contribution in [0.5, 0.6) is 0 Å². The Balaban J connectivity index is 2.07. The SMILES string of the molecule is CC1CCCC(O)(c2cccc3ncccc23)CC1. The number of benzene rings is 1. The van der Waals surface area contributed by atoms with Gasteiger partial charge in [0.1, 0.15) is 0 Å². The zero-order valence-electron chi connectivity index (χ0n) is 11.5. The predicted molar refractivity (Wildman–Crippen MR) is 77.9 cm³/mol. The number of aliphatic hydroxyl groups is 1. The lowest BCUT2D eigenvalue weighted by Gasteiger charge is -2.28. The van der Waals surface area contributed by atoms with Gasteiger partial charge in [-0.1, -0.05) is 31.5 Å². The number of pyridine rings is 1. The molecule has 1 aromatic heterocycles. The molecule has 100 valence electrons. The van der Waals surface area contributed by atoms with Gasteiger partial charge in [0.2, 0.25) is 0 Å². The number of hydrogen-bond donors (Lipinski definition) is 1. The zero-order chi connectivity index (χ0) is 13.3. The van der Waals surface area contributed by atoms with E-state index in [0.29, 0.717) is 0 Å². The van der Waals surface area contributed by atoms with Crippen molar-refractivity contribution in [2.24, 2.45) is 5.92 Å². The molecular formula is C17H21NO. The summed E-state index contributed by atoms with van der Waals surface area (Å²) in [5.74, 6) is 0.724. The number of nitrogens with zero attached hydrogens (tertiary/aromatic N) is 1. The highest BCUT2D eigenvalue weighted by molar-refractivity contribution is 5.82. The fraction of sp³-hybridized carbons (Fsp3) is 0.471. The average Bonchev–Trinajstić information content (AvgIpc) is 2.61. The van der Waals surface area contributed by atoms with Crippen molar-refractivity contribution >= 4 is 10.9 Å². The second-order valence-corrected chi connectivity index (χ2v) is 5.94. The van der Waals surface area contributed by atoms with Gasteiger partial charge >= 0.3 is 0 Å². The van der Waals surface area contributed by atoms with Crippen molar-refractivity contribution in [3.63, 3.8) is 0 Å². The van der Waals surface area contributed by atoms with E-state index in [0.717, 1.165) is 48.1 Å². The molecule has 0 bridgehead atoms. The van der Waals surface area contributed by atoms with Crippen LogP contribution in [0.25, 0.3) is 10.9 Å². The lowest BCUT2D eigenvalue weighted by Crippen LogP contribution is -2.25. The first-order chi connectivity index (χ1) is 9.19. The fourth-order valence-electron chi connectivity index (χ4n) is 3.28. The largest absolute Gasteiger partial charge is 0.385 e. The Morgan fingerprint density at radius 3 is 2.95 bits per heavy atom. The van der Waals surface area contributed by atoms with E-state index in [2.05, 4.69) is 24.0 Å². The predicted octanol–water partition coefficient (Wildman–Crippen LogP) is 4.02. The number of aromatic nitrogens is 1. The summed E-state index contributed by atoms with van der Waals surface area (Å²) in [5.41, 5.74) is 1.37. The fourth-order valence-corrected chi connectivity index (χ4v) is 3.28. The van der Waals surface area contributed by atoms with Crippen molar-refractivity contribution in [3.8, 4) is 0 Å². The molecule has 1 aliphatic rings. The van der Waals surface area contributed by atoms with Crippen molar-refractivity contribution in [3.05, 3.63) is 42.1 Å². The van der Waals surface area contributed by atoms with Gasteiger partial charge in [-0.3, -0.25) is 4.98 Å². The minimum Gasteiger partial charge on any atom is -0.385 e. The first-order valence-corrected chi connectivity index (χ1v) is 7.26. The van der Waals surface area contributed by atoms with Gasteiger partial charge in [-0.15, -0.1) is 0 Å². The molecule has 2 atom stereocenters. The second-order valence-electron chi connectivity index (χ2n) is 5.94. The van der Waals surface area contributed by atoms with Crippen LogP contribution in [0.15, 0.2) is 36.5 Å². The molecule has 0 aliphatic heterocycles. The Hall–Kier alpha value is -1.41. The summed E-state index contributed by atoms with van der Waals surface area (Å²) >= 11 is 0. The standard InChI is InChI=1S/C17H21NO/c1-13-5-3-10-17(19,11-9-13)15-7-2-8-16-14(15)6-4-12-18-16/h2,4,6-8,12-13,19H,3,5,9-11H2,1H3. The Kier molecular flexibility index (Phi) is 3.28. The lowest BCUT2D eigenvalue weighted by atomic mass is 9.84. The van der Waals surface area contributed by atoms with E-state index in [4.69, 9.17) is 0 Å². The van der Waals surface area contributed by atoms with Gasteiger partial charge in [-0.25, -0.2) is 0 Å². The maximum atomic E-state index is 11.1. The van der Waals surface area contributed by atoms with Gasteiger partial charge in [0, 0.05) is 11.6 Å². The Bertz CT molecular complexity index is 575. The van der Waals surface area contributed by atoms with Crippen LogP contribution in [0, 0.1) is 5.92 Å². The first-order valence-electron chi connectivity index (χ1n) is 7.26. The molecule has 1 aliphatic carbocycles. The van der Waals surface area contributed by atoms with Crippen molar-refractivity contribution in [2.75, 3.05) is 0 Å². The van der Waals surface area contributed by atoms with E-state index in [-0.39, 0.29) is 0 Å². The van der Waals surface area contributed by atoms with Crippen LogP contribution in [0.3, 0.4) is 0 Å². The molecule has 0 spiro atoms. The van der Waals surface area contributed by atoms with Gasteiger partial charge in [0.15, 0.2) is 0 Å².